The summed E-state index contributed by atoms with van der Waals surface area (Å²) in [5.41, 5.74) is 12.4. The quantitative estimate of drug-likeness (QED) is 0.777. The Hall–Kier alpha value is -2.55. The van der Waals surface area contributed by atoms with Crippen LogP contribution in [0.15, 0.2) is 28.2 Å². The Morgan fingerprint density at radius 2 is 1.95 bits per heavy atom. The molecule has 5 nitrogen and oxygen atoms in total. The van der Waals surface area contributed by atoms with E-state index in [-0.39, 0.29) is 17.7 Å². The van der Waals surface area contributed by atoms with Crippen LogP contribution in [0.3, 0.4) is 0 Å². The number of rotatable bonds is 1. The van der Waals surface area contributed by atoms with Gasteiger partial charge in [0.05, 0.1) is 11.3 Å². The highest BCUT2D eigenvalue weighted by Crippen LogP contribution is 2.40. The second-order valence-electron chi connectivity index (χ2n) is 5.62. The normalized spacial score (nSPS) is 20.3. The van der Waals surface area contributed by atoms with Gasteiger partial charge in [0, 0.05) is 0 Å². The monoisotopic (exact) mass is 299 g/mol. The molecule has 1 heterocycles. The van der Waals surface area contributed by atoms with Crippen molar-refractivity contribution in [2.75, 3.05) is 4.90 Å². The average Bonchev–Trinajstić information content (AvgIpc) is 2.48. The van der Waals surface area contributed by atoms with E-state index < -0.39 is 5.66 Å². The zero-order chi connectivity index (χ0) is 15.7. The third-order valence-corrected chi connectivity index (χ3v) is 4.21. The van der Waals surface area contributed by atoms with Crippen LogP contribution in [0.25, 0.3) is 0 Å². The number of aliphatic imine (C=N–C) groups is 2. The van der Waals surface area contributed by atoms with E-state index >= 15 is 0 Å². The highest BCUT2D eigenvalue weighted by atomic mass is 19.1. The molecule has 4 N–H and O–H groups in total. The first kappa shape index (κ1) is 14.4. The summed E-state index contributed by atoms with van der Waals surface area (Å²) >= 11 is 0. The SMILES string of the molecule is C#Cc1cc(F)ccc1N1C(N)=NC(N)=NC12CCCCC2. The lowest BCUT2D eigenvalue weighted by molar-refractivity contribution is 0.305. The lowest BCUT2D eigenvalue weighted by Gasteiger charge is -2.45. The van der Waals surface area contributed by atoms with Crippen LogP contribution < -0.4 is 16.4 Å². The molecule has 0 saturated heterocycles. The van der Waals surface area contributed by atoms with Gasteiger partial charge in [0.1, 0.15) is 11.5 Å². The molecule has 1 aliphatic carbocycles. The van der Waals surface area contributed by atoms with Crippen molar-refractivity contribution in [3.8, 4) is 12.3 Å². The van der Waals surface area contributed by atoms with Crippen LogP contribution in [0, 0.1) is 18.2 Å². The second kappa shape index (κ2) is 5.34. The van der Waals surface area contributed by atoms with Crippen LogP contribution in [0.4, 0.5) is 10.1 Å². The second-order valence-corrected chi connectivity index (χ2v) is 5.62. The average molecular weight is 299 g/mol. The fraction of sp³-hybridized carbons (Fsp3) is 0.375. The molecule has 0 atom stereocenters. The van der Waals surface area contributed by atoms with Gasteiger partial charge in [-0.1, -0.05) is 12.3 Å². The Morgan fingerprint density at radius 1 is 1.23 bits per heavy atom. The van der Waals surface area contributed by atoms with E-state index in [4.69, 9.17) is 17.9 Å². The molecule has 0 bridgehead atoms. The third kappa shape index (κ3) is 2.29. The molecule has 0 unspecified atom stereocenters. The standard InChI is InChI=1S/C16H18FN5/c1-2-11-10-12(17)6-7-13(11)22-15(19)20-14(18)21-16(22)8-4-3-5-9-16/h1,6-7,10H,3-5,8-9H2,(H4,18,19,20,21). The van der Waals surface area contributed by atoms with Gasteiger partial charge in [-0.25, -0.2) is 9.38 Å². The summed E-state index contributed by atoms with van der Waals surface area (Å²) in [5, 5.41) is 0. The number of guanidine groups is 2. The summed E-state index contributed by atoms with van der Waals surface area (Å²) in [6.45, 7) is 0. The van der Waals surface area contributed by atoms with Gasteiger partial charge in [-0.2, -0.15) is 4.99 Å². The molecular formula is C16H18FN5. The Labute approximate surface area is 128 Å². The van der Waals surface area contributed by atoms with Crippen LogP contribution in [0.2, 0.25) is 0 Å². The molecule has 1 saturated carbocycles. The Kier molecular flexibility index (Phi) is 3.49. The van der Waals surface area contributed by atoms with Gasteiger partial charge in [0.2, 0.25) is 11.9 Å². The van der Waals surface area contributed by atoms with Gasteiger partial charge in [-0.3, -0.25) is 4.90 Å². The maximum atomic E-state index is 13.5. The van der Waals surface area contributed by atoms with Crippen molar-refractivity contribution in [1.29, 1.82) is 0 Å². The molecule has 22 heavy (non-hydrogen) atoms. The van der Waals surface area contributed by atoms with Gasteiger partial charge < -0.3 is 11.5 Å². The number of anilines is 1. The Balaban J connectivity index is 2.15. The molecule has 0 amide bonds. The van der Waals surface area contributed by atoms with Crippen LogP contribution in [-0.4, -0.2) is 17.6 Å². The summed E-state index contributed by atoms with van der Waals surface area (Å²) in [7, 11) is 0. The molecule has 6 heteroatoms. The highest BCUT2D eigenvalue weighted by molar-refractivity contribution is 6.06. The van der Waals surface area contributed by atoms with E-state index in [1.165, 1.54) is 12.1 Å². The molecule has 0 radical (unpaired) electrons. The van der Waals surface area contributed by atoms with Gasteiger partial charge >= 0.3 is 0 Å². The Bertz CT molecular complexity index is 695. The van der Waals surface area contributed by atoms with Crippen molar-refractivity contribution >= 4 is 17.6 Å². The maximum Gasteiger partial charge on any atom is 0.220 e. The molecule has 1 fully saturated rings. The van der Waals surface area contributed by atoms with E-state index in [9.17, 15) is 4.39 Å². The molecule has 2 aliphatic rings. The van der Waals surface area contributed by atoms with Crippen molar-refractivity contribution < 1.29 is 4.39 Å². The van der Waals surface area contributed by atoms with E-state index in [0.717, 1.165) is 32.1 Å². The zero-order valence-corrected chi connectivity index (χ0v) is 12.2. The molecule has 1 aromatic rings. The first-order valence-electron chi connectivity index (χ1n) is 7.32. The van der Waals surface area contributed by atoms with Crippen LogP contribution >= 0.6 is 0 Å². The van der Waals surface area contributed by atoms with Crippen molar-refractivity contribution in [2.45, 2.75) is 37.8 Å². The molecule has 1 aromatic carbocycles. The topological polar surface area (TPSA) is 80.0 Å². The van der Waals surface area contributed by atoms with Gasteiger partial charge in [0.25, 0.3) is 0 Å². The number of nitrogens with two attached hydrogens (primary N) is 2. The van der Waals surface area contributed by atoms with Crippen LogP contribution in [0.1, 0.15) is 37.7 Å². The molecule has 1 aliphatic heterocycles. The summed E-state index contributed by atoms with van der Waals surface area (Å²) in [4.78, 5) is 10.5. The first-order chi connectivity index (χ1) is 10.6. The number of terminal acetylenes is 1. The lowest BCUT2D eigenvalue weighted by Crippen LogP contribution is -2.58. The molecule has 114 valence electrons. The maximum absolute atomic E-state index is 13.5. The highest BCUT2D eigenvalue weighted by Gasteiger charge is 2.43. The van der Waals surface area contributed by atoms with Gasteiger partial charge in [0.15, 0.2) is 0 Å². The minimum absolute atomic E-state index is 0.181. The number of hydrogen-bond donors (Lipinski definition) is 2. The van der Waals surface area contributed by atoms with Crippen molar-refractivity contribution in [3.05, 3.63) is 29.6 Å². The summed E-state index contributed by atoms with van der Waals surface area (Å²) < 4.78 is 13.5. The molecular weight excluding hydrogens is 281 g/mol. The number of benzene rings is 1. The first-order valence-corrected chi connectivity index (χ1v) is 7.32. The number of halogens is 1. The molecule has 3 rings (SSSR count). The lowest BCUT2D eigenvalue weighted by atomic mass is 9.87. The van der Waals surface area contributed by atoms with Crippen molar-refractivity contribution in [2.24, 2.45) is 21.5 Å². The molecule has 0 aromatic heterocycles. The van der Waals surface area contributed by atoms with Gasteiger partial charge in [-0.15, -0.1) is 6.42 Å². The van der Waals surface area contributed by atoms with E-state index in [1.54, 1.807) is 6.07 Å². The summed E-state index contributed by atoms with van der Waals surface area (Å²) in [6, 6.07) is 4.31. The van der Waals surface area contributed by atoms with Crippen LogP contribution in [0.5, 0.6) is 0 Å². The largest absolute Gasteiger partial charge is 0.369 e. The fourth-order valence-corrected chi connectivity index (χ4v) is 3.29. The predicted octanol–water partition coefficient (Wildman–Crippen LogP) is 1.92. The van der Waals surface area contributed by atoms with Gasteiger partial charge in [-0.05, 0) is 43.9 Å². The number of hydrogen-bond acceptors (Lipinski definition) is 5. The third-order valence-electron chi connectivity index (χ3n) is 4.21. The smallest absolute Gasteiger partial charge is 0.220 e. The number of nitrogens with zero attached hydrogens (tertiary/aromatic N) is 3. The minimum Gasteiger partial charge on any atom is -0.369 e. The van der Waals surface area contributed by atoms with Crippen LogP contribution in [-0.2, 0) is 0 Å². The summed E-state index contributed by atoms with van der Waals surface area (Å²) in [6.07, 6.45) is 10.3. The summed E-state index contributed by atoms with van der Waals surface area (Å²) in [5.74, 6) is 2.56. The van der Waals surface area contributed by atoms with E-state index in [1.807, 2.05) is 4.90 Å². The Morgan fingerprint density at radius 3 is 2.64 bits per heavy atom. The predicted molar refractivity (Wildman–Crippen MR) is 85.9 cm³/mol. The van der Waals surface area contributed by atoms with Crippen molar-refractivity contribution in [3.63, 3.8) is 0 Å². The van der Waals surface area contributed by atoms with E-state index in [0.29, 0.717) is 11.3 Å². The van der Waals surface area contributed by atoms with Crippen molar-refractivity contribution in [1.82, 2.24) is 0 Å². The minimum atomic E-state index is -0.572. The zero-order valence-electron chi connectivity index (χ0n) is 12.2. The fourth-order valence-electron chi connectivity index (χ4n) is 3.29. The van der Waals surface area contributed by atoms with E-state index in [2.05, 4.69) is 15.9 Å². The molecule has 1 spiro atoms.